The molecule has 0 saturated heterocycles. The second-order valence-electron chi connectivity index (χ2n) is 4.80. The van der Waals surface area contributed by atoms with Crippen molar-refractivity contribution in [2.75, 3.05) is 0 Å². The summed E-state index contributed by atoms with van der Waals surface area (Å²) in [5.41, 5.74) is 2.12. The number of pyridine rings is 1. The lowest BCUT2D eigenvalue weighted by Gasteiger charge is -2.04. The van der Waals surface area contributed by atoms with Crippen LogP contribution in [0.3, 0.4) is 0 Å². The first-order valence-corrected chi connectivity index (χ1v) is 6.25. The predicted octanol–water partition coefficient (Wildman–Crippen LogP) is 3.57. The predicted molar refractivity (Wildman–Crippen MR) is 78.1 cm³/mol. The lowest BCUT2D eigenvalue weighted by Crippen LogP contribution is -1.97. The second-order valence-corrected chi connectivity index (χ2v) is 4.80. The third-order valence-electron chi connectivity index (χ3n) is 3.59. The molecule has 2 heterocycles. The summed E-state index contributed by atoms with van der Waals surface area (Å²) in [6.07, 6.45) is 3.31. The quantitative estimate of drug-likeness (QED) is 0.515. The number of fused-ring (bicyclic) bond motifs is 4. The molecule has 0 amide bonds. The normalized spacial score (nSPS) is 11.4. The molecule has 2 N–H and O–H groups in total. The summed E-state index contributed by atoms with van der Waals surface area (Å²) in [4.78, 5) is 18.5. The van der Waals surface area contributed by atoms with E-state index in [4.69, 9.17) is 5.11 Å². The van der Waals surface area contributed by atoms with Crippen molar-refractivity contribution in [3.8, 4) is 0 Å². The number of aromatic amines is 1. The molecule has 4 aromatic rings. The first-order valence-electron chi connectivity index (χ1n) is 6.25. The summed E-state index contributed by atoms with van der Waals surface area (Å²) in [5.74, 6) is -0.958. The monoisotopic (exact) mass is 262 g/mol. The van der Waals surface area contributed by atoms with Gasteiger partial charge in [-0.3, -0.25) is 4.98 Å². The molecule has 0 saturated carbocycles. The Hall–Kier alpha value is -2.88. The lowest BCUT2D eigenvalue weighted by atomic mass is 10.0. The molecule has 0 spiro atoms. The highest BCUT2D eigenvalue weighted by molar-refractivity contribution is 6.10. The standard InChI is InChI=1S/C16H10N2O2/c19-16(20)12-5-11-2-1-9-7-14-10(3-4-17-14)6-13(9)15(11)18-8-12/h1-8,17H,(H,19,20). The first kappa shape index (κ1) is 11.0. The minimum atomic E-state index is -0.958. The van der Waals surface area contributed by atoms with Gasteiger partial charge in [0, 0.05) is 34.1 Å². The number of carboxylic acids is 1. The Balaban J connectivity index is 2.13. The van der Waals surface area contributed by atoms with Crippen molar-refractivity contribution in [2.45, 2.75) is 0 Å². The summed E-state index contributed by atoms with van der Waals surface area (Å²) in [7, 11) is 0. The third-order valence-corrected chi connectivity index (χ3v) is 3.59. The van der Waals surface area contributed by atoms with Crippen LogP contribution < -0.4 is 0 Å². The second kappa shape index (κ2) is 3.81. The van der Waals surface area contributed by atoms with Crippen molar-refractivity contribution in [3.63, 3.8) is 0 Å². The maximum atomic E-state index is 11.0. The van der Waals surface area contributed by atoms with Gasteiger partial charge in [0.25, 0.3) is 0 Å². The molecule has 0 aliphatic rings. The van der Waals surface area contributed by atoms with Gasteiger partial charge >= 0.3 is 5.97 Å². The van der Waals surface area contributed by atoms with Gasteiger partial charge in [-0.05, 0) is 29.7 Å². The molecule has 2 aromatic heterocycles. The Bertz CT molecular complexity index is 986. The Morgan fingerprint density at radius 1 is 1.05 bits per heavy atom. The van der Waals surface area contributed by atoms with E-state index >= 15 is 0 Å². The van der Waals surface area contributed by atoms with Gasteiger partial charge in [0.2, 0.25) is 0 Å². The van der Waals surface area contributed by atoms with Crippen molar-refractivity contribution >= 4 is 38.5 Å². The van der Waals surface area contributed by atoms with Gasteiger partial charge in [-0.1, -0.05) is 12.1 Å². The molecule has 96 valence electrons. The van der Waals surface area contributed by atoms with Gasteiger partial charge in [-0.15, -0.1) is 0 Å². The highest BCUT2D eigenvalue weighted by atomic mass is 16.4. The molecule has 2 aromatic carbocycles. The molecule has 0 bridgehead atoms. The SMILES string of the molecule is O=C(O)c1cnc2c(ccc3cc4[nH]ccc4cc32)c1. The molecule has 0 unspecified atom stereocenters. The maximum absolute atomic E-state index is 11.0. The van der Waals surface area contributed by atoms with Gasteiger partial charge in [0.15, 0.2) is 0 Å². The minimum absolute atomic E-state index is 0.208. The Labute approximate surface area is 113 Å². The topological polar surface area (TPSA) is 66.0 Å². The van der Waals surface area contributed by atoms with E-state index in [1.807, 2.05) is 24.4 Å². The van der Waals surface area contributed by atoms with E-state index in [0.29, 0.717) is 0 Å². The Kier molecular flexibility index (Phi) is 2.09. The number of benzene rings is 2. The summed E-state index contributed by atoms with van der Waals surface area (Å²) >= 11 is 0. The minimum Gasteiger partial charge on any atom is -0.478 e. The smallest absolute Gasteiger partial charge is 0.337 e. The number of hydrogen-bond acceptors (Lipinski definition) is 2. The van der Waals surface area contributed by atoms with Crippen LogP contribution in [0.2, 0.25) is 0 Å². The number of aromatic carboxylic acids is 1. The van der Waals surface area contributed by atoms with E-state index in [-0.39, 0.29) is 5.56 Å². The lowest BCUT2D eigenvalue weighted by molar-refractivity contribution is 0.0696. The number of nitrogens with zero attached hydrogens (tertiary/aromatic N) is 1. The molecule has 4 nitrogen and oxygen atoms in total. The van der Waals surface area contributed by atoms with E-state index in [0.717, 1.165) is 32.6 Å². The zero-order chi connectivity index (χ0) is 13.7. The summed E-state index contributed by atoms with van der Waals surface area (Å²) < 4.78 is 0. The molecule has 4 rings (SSSR count). The highest BCUT2D eigenvalue weighted by Crippen LogP contribution is 2.28. The van der Waals surface area contributed by atoms with Crippen molar-refractivity contribution in [2.24, 2.45) is 0 Å². The number of carboxylic acid groups (broad SMARTS) is 1. The molecule has 0 fully saturated rings. The molecule has 20 heavy (non-hydrogen) atoms. The number of H-pyrrole nitrogens is 1. The molecule has 0 aliphatic carbocycles. The Morgan fingerprint density at radius 2 is 1.90 bits per heavy atom. The number of aromatic nitrogens is 2. The summed E-state index contributed by atoms with van der Waals surface area (Å²) in [6.45, 7) is 0. The fraction of sp³-hybridized carbons (Fsp3) is 0. The van der Waals surface area contributed by atoms with Crippen molar-refractivity contribution in [3.05, 3.63) is 54.4 Å². The number of hydrogen-bond donors (Lipinski definition) is 2. The molecule has 4 heteroatoms. The van der Waals surface area contributed by atoms with Crippen LogP contribution in [0.4, 0.5) is 0 Å². The van der Waals surface area contributed by atoms with Crippen molar-refractivity contribution in [1.29, 1.82) is 0 Å². The van der Waals surface area contributed by atoms with Crippen LogP contribution in [0.25, 0.3) is 32.6 Å². The van der Waals surface area contributed by atoms with Crippen molar-refractivity contribution in [1.82, 2.24) is 9.97 Å². The Morgan fingerprint density at radius 3 is 2.75 bits per heavy atom. The number of nitrogens with one attached hydrogen (secondary N) is 1. The van der Waals surface area contributed by atoms with E-state index in [2.05, 4.69) is 22.1 Å². The van der Waals surface area contributed by atoms with Crippen LogP contribution >= 0.6 is 0 Å². The van der Waals surface area contributed by atoms with E-state index < -0.39 is 5.97 Å². The average molecular weight is 262 g/mol. The largest absolute Gasteiger partial charge is 0.478 e. The van der Waals surface area contributed by atoms with Gasteiger partial charge in [0.05, 0.1) is 11.1 Å². The van der Waals surface area contributed by atoms with Gasteiger partial charge < -0.3 is 10.1 Å². The molecular weight excluding hydrogens is 252 g/mol. The van der Waals surface area contributed by atoms with Crippen LogP contribution in [0.1, 0.15) is 10.4 Å². The summed E-state index contributed by atoms with van der Waals surface area (Å²) in [6, 6.07) is 11.7. The van der Waals surface area contributed by atoms with Crippen LogP contribution in [0.5, 0.6) is 0 Å². The van der Waals surface area contributed by atoms with Crippen molar-refractivity contribution < 1.29 is 9.90 Å². The van der Waals surface area contributed by atoms with Gasteiger partial charge in [-0.25, -0.2) is 4.79 Å². The molecule has 0 atom stereocenters. The molecule has 0 aliphatic heterocycles. The number of carbonyl (C=O) groups is 1. The summed E-state index contributed by atoms with van der Waals surface area (Å²) in [5, 5.41) is 13.1. The zero-order valence-electron chi connectivity index (χ0n) is 10.4. The highest BCUT2D eigenvalue weighted by Gasteiger charge is 2.08. The zero-order valence-corrected chi connectivity index (χ0v) is 10.4. The van der Waals surface area contributed by atoms with Gasteiger partial charge in [-0.2, -0.15) is 0 Å². The van der Waals surface area contributed by atoms with E-state index in [1.165, 1.54) is 6.20 Å². The molecular formula is C16H10N2O2. The first-order chi connectivity index (χ1) is 9.72. The number of rotatable bonds is 1. The van der Waals surface area contributed by atoms with Crippen LogP contribution in [-0.2, 0) is 0 Å². The fourth-order valence-electron chi connectivity index (χ4n) is 2.59. The average Bonchev–Trinajstić information content (AvgIpc) is 2.91. The van der Waals surface area contributed by atoms with Crippen LogP contribution in [0, 0.1) is 0 Å². The van der Waals surface area contributed by atoms with Crippen LogP contribution in [0.15, 0.2) is 48.8 Å². The molecule has 0 radical (unpaired) electrons. The maximum Gasteiger partial charge on any atom is 0.337 e. The van der Waals surface area contributed by atoms with Crippen LogP contribution in [-0.4, -0.2) is 21.0 Å². The third kappa shape index (κ3) is 1.48. The van der Waals surface area contributed by atoms with E-state index in [1.54, 1.807) is 6.07 Å². The van der Waals surface area contributed by atoms with E-state index in [9.17, 15) is 4.79 Å². The van der Waals surface area contributed by atoms with Gasteiger partial charge in [0.1, 0.15) is 0 Å². The fourth-order valence-corrected chi connectivity index (χ4v) is 2.59.